The van der Waals surface area contributed by atoms with Crippen molar-refractivity contribution in [1.29, 1.82) is 0 Å². The average Bonchev–Trinajstić information content (AvgIpc) is 2.36. The van der Waals surface area contributed by atoms with Gasteiger partial charge in [0.05, 0.1) is 5.56 Å². The highest BCUT2D eigenvalue weighted by Gasteiger charge is 2.10. The van der Waals surface area contributed by atoms with E-state index in [0.717, 1.165) is 0 Å². The topological polar surface area (TPSA) is 59.4 Å². The van der Waals surface area contributed by atoms with Crippen LogP contribution in [0, 0.1) is 5.82 Å². The van der Waals surface area contributed by atoms with Crippen LogP contribution in [-0.4, -0.2) is 16.1 Å². The molecule has 4 nitrogen and oxygen atoms in total. The lowest BCUT2D eigenvalue weighted by molar-refractivity contribution is 0.0696. The van der Waals surface area contributed by atoms with E-state index in [1.807, 2.05) is 0 Å². The van der Waals surface area contributed by atoms with Crippen molar-refractivity contribution in [3.63, 3.8) is 0 Å². The number of pyridine rings is 1. The number of halogens is 2. The first-order valence-corrected chi connectivity index (χ1v) is 5.71. The van der Waals surface area contributed by atoms with E-state index in [-0.39, 0.29) is 29.0 Å². The van der Waals surface area contributed by atoms with E-state index in [0.29, 0.717) is 5.56 Å². The second-order valence-electron chi connectivity index (χ2n) is 3.71. The Balaban J connectivity index is 2.08. The number of carboxylic acids is 1. The molecule has 0 atom stereocenters. The Morgan fingerprint density at radius 1 is 1.37 bits per heavy atom. The number of hydrogen-bond donors (Lipinski definition) is 1. The van der Waals surface area contributed by atoms with Crippen molar-refractivity contribution in [3.8, 4) is 5.88 Å². The van der Waals surface area contributed by atoms with E-state index in [9.17, 15) is 9.18 Å². The van der Waals surface area contributed by atoms with Crippen molar-refractivity contribution < 1.29 is 19.0 Å². The van der Waals surface area contributed by atoms with Gasteiger partial charge in [-0.3, -0.25) is 0 Å². The fourth-order valence-corrected chi connectivity index (χ4v) is 1.67. The summed E-state index contributed by atoms with van der Waals surface area (Å²) in [5.74, 6) is -1.33. The molecule has 0 saturated carbocycles. The van der Waals surface area contributed by atoms with Crippen LogP contribution in [0.2, 0.25) is 5.15 Å². The molecule has 0 aliphatic carbocycles. The van der Waals surface area contributed by atoms with Crippen molar-refractivity contribution >= 4 is 17.6 Å². The number of carboxylic acid groups (broad SMARTS) is 1. The van der Waals surface area contributed by atoms with Gasteiger partial charge < -0.3 is 9.84 Å². The van der Waals surface area contributed by atoms with Gasteiger partial charge >= 0.3 is 5.97 Å². The van der Waals surface area contributed by atoms with Crippen LogP contribution in [0.4, 0.5) is 4.39 Å². The van der Waals surface area contributed by atoms with Gasteiger partial charge in [-0.25, -0.2) is 14.2 Å². The Morgan fingerprint density at radius 3 is 2.79 bits per heavy atom. The minimum atomic E-state index is -1.16. The highest BCUT2D eigenvalue weighted by molar-refractivity contribution is 6.32. The molecule has 6 heteroatoms. The summed E-state index contributed by atoms with van der Waals surface area (Å²) in [5.41, 5.74) is 0.542. The van der Waals surface area contributed by atoms with Gasteiger partial charge in [0, 0.05) is 6.07 Å². The van der Waals surface area contributed by atoms with E-state index in [1.165, 1.54) is 24.3 Å². The summed E-state index contributed by atoms with van der Waals surface area (Å²) in [4.78, 5) is 14.5. The van der Waals surface area contributed by atoms with Gasteiger partial charge in [-0.15, -0.1) is 0 Å². The molecule has 19 heavy (non-hydrogen) atoms. The first-order chi connectivity index (χ1) is 9.06. The SMILES string of the molecule is O=C(O)c1ccc(OCc2cccc(F)c2)nc1Cl. The van der Waals surface area contributed by atoms with E-state index < -0.39 is 5.97 Å². The maximum Gasteiger partial charge on any atom is 0.338 e. The Labute approximate surface area is 113 Å². The monoisotopic (exact) mass is 281 g/mol. The van der Waals surface area contributed by atoms with Crippen LogP contribution in [0.25, 0.3) is 0 Å². The Hall–Kier alpha value is -2.14. The second kappa shape index (κ2) is 5.67. The molecule has 1 heterocycles. The lowest BCUT2D eigenvalue weighted by atomic mass is 10.2. The molecule has 0 aliphatic heterocycles. The predicted octanol–water partition coefficient (Wildman–Crippen LogP) is 3.15. The third-order valence-corrected chi connectivity index (χ3v) is 2.62. The zero-order chi connectivity index (χ0) is 13.8. The number of benzene rings is 1. The van der Waals surface area contributed by atoms with E-state index in [4.69, 9.17) is 21.4 Å². The molecular formula is C13H9ClFNO3. The first kappa shape index (κ1) is 13.3. The van der Waals surface area contributed by atoms with Crippen molar-refractivity contribution in [2.45, 2.75) is 6.61 Å². The number of aromatic carboxylic acids is 1. The number of aromatic nitrogens is 1. The molecule has 1 aromatic carbocycles. The maximum absolute atomic E-state index is 12.9. The third kappa shape index (κ3) is 3.42. The molecular weight excluding hydrogens is 273 g/mol. The summed E-state index contributed by atoms with van der Waals surface area (Å²) < 4.78 is 18.2. The lowest BCUT2D eigenvalue weighted by Gasteiger charge is -2.06. The molecule has 1 N–H and O–H groups in total. The highest BCUT2D eigenvalue weighted by atomic mass is 35.5. The summed E-state index contributed by atoms with van der Waals surface area (Å²) >= 11 is 5.70. The van der Waals surface area contributed by atoms with Gasteiger partial charge in [-0.05, 0) is 23.8 Å². The summed E-state index contributed by atoms with van der Waals surface area (Å²) in [7, 11) is 0. The molecule has 2 aromatic rings. The van der Waals surface area contributed by atoms with Crippen LogP contribution in [0.1, 0.15) is 15.9 Å². The fraction of sp³-hybridized carbons (Fsp3) is 0.0769. The van der Waals surface area contributed by atoms with E-state index >= 15 is 0 Å². The van der Waals surface area contributed by atoms with Crippen molar-refractivity contribution in [3.05, 3.63) is 58.5 Å². The van der Waals surface area contributed by atoms with E-state index in [1.54, 1.807) is 12.1 Å². The minimum Gasteiger partial charge on any atom is -0.478 e. The molecule has 0 bridgehead atoms. The number of ether oxygens (including phenoxy) is 1. The number of rotatable bonds is 4. The van der Waals surface area contributed by atoms with Crippen molar-refractivity contribution in [2.75, 3.05) is 0 Å². The molecule has 0 unspecified atom stereocenters. The number of carbonyl (C=O) groups is 1. The van der Waals surface area contributed by atoms with Gasteiger partial charge in [0.15, 0.2) is 0 Å². The van der Waals surface area contributed by atoms with E-state index in [2.05, 4.69) is 4.98 Å². The molecule has 0 saturated heterocycles. The van der Waals surface area contributed by atoms with Gasteiger partial charge in [0.25, 0.3) is 0 Å². The largest absolute Gasteiger partial charge is 0.478 e. The zero-order valence-electron chi connectivity index (χ0n) is 9.64. The molecule has 0 fully saturated rings. The number of hydrogen-bond acceptors (Lipinski definition) is 3. The molecule has 98 valence electrons. The van der Waals surface area contributed by atoms with Gasteiger partial charge in [0.2, 0.25) is 5.88 Å². The molecule has 0 radical (unpaired) electrons. The highest BCUT2D eigenvalue weighted by Crippen LogP contribution is 2.18. The van der Waals surface area contributed by atoms with Crippen LogP contribution < -0.4 is 4.74 Å². The quantitative estimate of drug-likeness (QED) is 0.875. The summed E-state index contributed by atoms with van der Waals surface area (Å²) in [6.45, 7) is 0.119. The average molecular weight is 282 g/mol. The van der Waals surface area contributed by atoms with Crippen LogP contribution >= 0.6 is 11.6 Å². The Morgan fingerprint density at radius 2 is 2.16 bits per heavy atom. The first-order valence-electron chi connectivity index (χ1n) is 5.33. The van der Waals surface area contributed by atoms with Crippen LogP contribution in [0.3, 0.4) is 0 Å². The summed E-state index contributed by atoms with van der Waals surface area (Å²) in [6.07, 6.45) is 0. The smallest absolute Gasteiger partial charge is 0.338 e. The molecule has 0 amide bonds. The fourth-order valence-electron chi connectivity index (χ4n) is 1.44. The normalized spacial score (nSPS) is 10.2. The molecule has 0 aliphatic rings. The Kier molecular flexibility index (Phi) is 3.97. The van der Waals surface area contributed by atoms with Crippen molar-refractivity contribution in [2.24, 2.45) is 0 Å². The second-order valence-corrected chi connectivity index (χ2v) is 4.07. The van der Waals surface area contributed by atoms with Gasteiger partial charge in [-0.1, -0.05) is 23.7 Å². The summed E-state index contributed by atoms with van der Waals surface area (Å²) in [5, 5.41) is 8.64. The zero-order valence-corrected chi connectivity index (χ0v) is 10.4. The van der Waals surface area contributed by atoms with Crippen LogP contribution in [-0.2, 0) is 6.61 Å². The van der Waals surface area contributed by atoms with Gasteiger partial charge in [0.1, 0.15) is 17.6 Å². The van der Waals surface area contributed by atoms with Crippen molar-refractivity contribution in [1.82, 2.24) is 4.98 Å². The van der Waals surface area contributed by atoms with Crippen LogP contribution in [0.5, 0.6) is 5.88 Å². The predicted molar refractivity (Wildman–Crippen MR) is 66.9 cm³/mol. The molecule has 1 aromatic heterocycles. The number of nitrogens with zero attached hydrogens (tertiary/aromatic N) is 1. The molecule has 2 rings (SSSR count). The standard InChI is InChI=1S/C13H9ClFNO3/c14-12-10(13(17)18)4-5-11(16-12)19-7-8-2-1-3-9(15)6-8/h1-6H,7H2,(H,17,18). The summed E-state index contributed by atoms with van der Waals surface area (Å²) in [6, 6.07) is 8.65. The maximum atomic E-state index is 12.9. The van der Waals surface area contributed by atoms with Crippen LogP contribution in [0.15, 0.2) is 36.4 Å². The minimum absolute atomic E-state index is 0.0974. The molecule has 0 spiro atoms. The Bertz CT molecular complexity index is 619. The van der Waals surface area contributed by atoms with Gasteiger partial charge in [-0.2, -0.15) is 0 Å². The third-order valence-electron chi connectivity index (χ3n) is 2.33. The lowest BCUT2D eigenvalue weighted by Crippen LogP contribution is -2.02.